The average Bonchev–Trinajstić information content (AvgIpc) is 2.78. The molecule has 1 saturated heterocycles. The number of guanidine groups is 1. The molecular formula is C24H41N5O3. The predicted octanol–water partition coefficient (Wildman–Crippen LogP) is 2.13. The first kappa shape index (κ1) is 25.8. The zero-order valence-electron chi connectivity index (χ0n) is 20.4. The molecule has 1 aliphatic rings. The van der Waals surface area contributed by atoms with E-state index in [0.717, 1.165) is 69.3 Å². The topological polar surface area (TPSA) is 78.4 Å². The molecule has 0 aliphatic carbocycles. The van der Waals surface area contributed by atoms with E-state index in [1.165, 1.54) is 5.56 Å². The molecule has 0 aromatic heterocycles. The van der Waals surface area contributed by atoms with Crippen molar-refractivity contribution in [3.63, 3.8) is 0 Å². The summed E-state index contributed by atoms with van der Waals surface area (Å²) in [5.41, 5.74) is 1.22. The molecule has 0 radical (unpaired) electrons. The fourth-order valence-corrected chi connectivity index (χ4v) is 3.70. The molecule has 0 bridgehead atoms. The largest absolute Gasteiger partial charge is 0.493 e. The summed E-state index contributed by atoms with van der Waals surface area (Å²) in [6.45, 7) is 8.62. The number of rotatable bonds is 11. The second kappa shape index (κ2) is 13.8. The SMILES string of the molecule is CCNC(=NCCCc1ccc(OC)c(OCC)c1)NC1CCN(CC(=O)N(C)C)CC1. The molecule has 0 saturated carbocycles. The molecule has 1 aromatic carbocycles. The molecule has 0 atom stereocenters. The van der Waals surface area contributed by atoms with Crippen LogP contribution in [0.4, 0.5) is 0 Å². The maximum absolute atomic E-state index is 11.9. The van der Waals surface area contributed by atoms with Crippen LogP contribution in [-0.4, -0.2) is 88.2 Å². The van der Waals surface area contributed by atoms with Gasteiger partial charge in [-0.05, 0) is 57.2 Å². The molecule has 2 N–H and O–H groups in total. The Labute approximate surface area is 193 Å². The predicted molar refractivity (Wildman–Crippen MR) is 130 cm³/mol. The number of piperidine rings is 1. The summed E-state index contributed by atoms with van der Waals surface area (Å²) >= 11 is 0. The Kier molecular flexibility index (Phi) is 11.1. The Morgan fingerprint density at radius 1 is 1.22 bits per heavy atom. The van der Waals surface area contributed by atoms with Gasteiger partial charge in [-0.2, -0.15) is 0 Å². The molecule has 0 unspecified atom stereocenters. The highest BCUT2D eigenvalue weighted by molar-refractivity contribution is 5.80. The summed E-state index contributed by atoms with van der Waals surface area (Å²) < 4.78 is 11.0. The van der Waals surface area contributed by atoms with Crippen LogP contribution in [0.2, 0.25) is 0 Å². The van der Waals surface area contributed by atoms with Gasteiger partial charge in [0.1, 0.15) is 0 Å². The lowest BCUT2D eigenvalue weighted by Crippen LogP contribution is -2.50. The Bertz CT molecular complexity index is 730. The fraction of sp³-hybridized carbons (Fsp3) is 0.667. The third-order valence-electron chi connectivity index (χ3n) is 5.55. The van der Waals surface area contributed by atoms with Gasteiger partial charge in [-0.15, -0.1) is 0 Å². The molecule has 1 fully saturated rings. The maximum Gasteiger partial charge on any atom is 0.236 e. The van der Waals surface area contributed by atoms with Crippen LogP contribution in [-0.2, 0) is 11.2 Å². The fourth-order valence-electron chi connectivity index (χ4n) is 3.70. The number of benzene rings is 1. The van der Waals surface area contributed by atoms with Crippen molar-refractivity contribution in [2.75, 3.05) is 60.5 Å². The summed E-state index contributed by atoms with van der Waals surface area (Å²) in [5, 5.41) is 6.93. The van der Waals surface area contributed by atoms with Crippen molar-refractivity contribution in [2.24, 2.45) is 4.99 Å². The highest BCUT2D eigenvalue weighted by Gasteiger charge is 2.22. The number of amides is 1. The zero-order chi connectivity index (χ0) is 23.3. The van der Waals surface area contributed by atoms with Gasteiger partial charge in [-0.25, -0.2) is 0 Å². The molecular weight excluding hydrogens is 406 g/mol. The first-order valence-corrected chi connectivity index (χ1v) is 11.7. The molecule has 180 valence electrons. The van der Waals surface area contributed by atoms with E-state index >= 15 is 0 Å². The number of nitrogens with one attached hydrogen (secondary N) is 2. The maximum atomic E-state index is 11.9. The number of ether oxygens (including phenoxy) is 2. The van der Waals surface area contributed by atoms with Crippen molar-refractivity contribution >= 4 is 11.9 Å². The summed E-state index contributed by atoms with van der Waals surface area (Å²) in [4.78, 5) is 20.6. The lowest BCUT2D eigenvalue weighted by atomic mass is 10.1. The number of aliphatic imine (C=N–C) groups is 1. The van der Waals surface area contributed by atoms with Gasteiger partial charge in [0.15, 0.2) is 17.5 Å². The lowest BCUT2D eigenvalue weighted by Gasteiger charge is -2.33. The lowest BCUT2D eigenvalue weighted by molar-refractivity contribution is -0.130. The van der Waals surface area contributed by atoms with E-state index in [2.05, 4.69) is 34.6 Å². The van der Waals surface area contributed by atoms with Crippen molar-refractivity contribution in [3.05, 3.63) is 23.8 Å². The molecule has 32 heavy (non-hydrogen) atoms. The van der Waals surface area contributed by atoms with Crippen LogP contribution >= 0.6 is 0 Å². The number of aryl methyl sites for hydroxylation is 1. The minimum atomic E-state index is 0.163. The van der Waals surface area contributed by atoms with E-state index in [9.17, 15) is 4.79 Å². The minimum Gasteiger partial charge on any atom is -0.493 e. The van der Waals surface area contributed by atoms with Crippen LogP contribution in [0, 0.1) is 0 Å². The monoisotopic (exact) mass is 447 g/mol. The highest BCUT2D eigenvalue weighted by atomic mass is 16.5. The molecule has 2 rings (SSSR count). The number of carbonyl (C=O) groups excluding carboxylic acids is 1. The number of hydrogen-bond donors (Lipinski definition) is 2. The quantitative estimate of drug-likeness (QED) is 0.307. The Morgan fingerprint density at radius 3 is 2.59 bits per heavy atom. The normalized spacial score (nSPS) is 15.3. The van der Waals surface area contributed by atoms with Gasteiger partial charge in [0, 0.05) is 46.3 Å². The average molecular weight is 448 g/mol. The standard InChI is InChI=1S/C24H41N5O3/c1-6-25-24(27-20-12-15-29(16-13-20)18-23(30)28(3)4)26-14-8-9-19-10-11-21(31-5)22(17-19)32-7-2/h10-11,17,20H,6-9,12-16,18H2,1-5H3,(H2,25,26,27). The Hall–Kier alpha value is -2.48. The van der Waals surface area contributed by atoms with E-state index in [0.29, 0.717) is 19.2 Å². The molecule has 1 heterocycles. The van der Waals surface area contributed by atoms with Crippen molar-refractivity contribution in [3.8, 4) is 11.5 Å². The zero-order valence-corrected chi connectivity index (χ0v) is 20.4. The van der Waals surface area contributed by atoms with Crippen LogP contribution in [0.25, 0.3) is 0 Å². The molecule has 1 aromatic rings. The first-order chi connectivity index (χ1) is 15.5. The summed E-state index contributed by atoms with van der Waals surface area (Å²) in [5.74, 6) is 2.60. The van der Waals surface area contributed by atoms with Crippen LogP contribution in [0.5, 0.6) is 11.5 Å². The minimum absolute atomic E-state index is 0.163. The van der Waals surface area contributed by atoms with Gasteiger partial charge in [0.05, 0.1) is 20.3 Å². The molecule has 8 heteroatoms. The number of hydrogen-bond acceptors (Lipinski definition) is 5. The van der Waals surface area contributed by atoms with E-state index in [4.69, 9.17) is 14.5 Å². The van der Waals surface area contributed by atoms with Gasteiger partial charge in [-0.3, -0.25) is 14.7 Å². The van der Waals surface area contributed by atoms with E-state index in [1.807, 2.05) is 27.1 Å². The summed E-state index contributed by atoms with van der Waals surface area (Å²) in [6, 6.07) is 6.50. The van der Waals surface area contributed by atoms with Crippen molar-refractivity contribution in [2.45, 2.75) is 45.6 Å². The van der Waals surface area contributed by atoms with E-state index in [-0.39, 0.29) is 5.91 Å². The van der Waals surface area contributed by atoms with Crippen LogP contribution in [0.3, 0.4) is 0 Å². The van der Waals surface area contributed by atoms with Gasteiger partial charge < -0.3 is 25.0 Å². The smallest absolute Gasteiger partial charge is 0.236 e. The Morgan fingerprint density at radius 2 is 1.97 bits per heavy atom. The number of likely N-dealkylation sites (tertiary alicyclic amines) is 1. The van der Waals surface area contributed by atoms with E-state index in [1.54, 1.807) is 12.0 Å². The number of likely N-dealkylation sites (N-methyl/N-ethyl adjacent to an activating group) is 1. The highest BCUT2D eigenvalue weighted by Crippen LogP contribution is 2.28. The number of methoxy groups -OCH3 is 1. The third kappa shape index (κ3) is 8.57. The molecule has 1 aliphatic heterocycles. The second-order valence-corrected chi connectivity index (χ2v) is 8.27. The van der Waals surface area contributed by atoms with Gasteiger partial charge in [-0.1, -0.05) is 6.07 Å². The third-order valence-corrected chi connectivity index (χ3v) is 5.55. The summed E-state index contributed by atoms with van der Waals surface area (Å²) in [6.07, 6.45) is 3.92. The van der Waals surface area contributed by atoms with Crippen molar-refractivity contribution in [1.29, 1.82) is 0 Å². The number of nitrogens with zero attached hydrogens (tertiary/aromatic N) is 3. The summed E-state index contributed by atoms with van der Waals surface area (Å²) in [7, 11) is 5.28. The molecule has 8 nitrogen and oxygen atoms in total. The van der Waals surface area contributed by atoms with Gasteiger partial charge in [0.2, 0.25) is 5.91 Å². The van der Waals surface area contributed by atoms with Crippen LogP contribution in [0.1, 0.15) is 38.7 Å². The number of carbonyl (C=O) groups is 1. The van der Waals surface area contributed by atoms with Gasteiger partial charge >= 0.3 is 0 Å². The van der Waals surface area contributed by atoms with E-state index < -0.39 is 0 Å². The van der Waals surface area contributed by atoms with Crippen molar-refractivity contribution < 1.29 is 14.3 Å². The van der Waals surface area contributed by atoms with Crippen molar-refractivity contribution in [1.82, 2.24) is 20.4 Å². The van der Waals surface area contributed by atoms with Gasteiger partial charge in [0.25, 0.3) is 0 Å². The molecule has 1 amide bonds. The first-order valence-electron chi connectivity index (χ1n) is 11.7. The second-order valence-electron chi connectivity index (χ2n) is 8.27. The van der Waals surface area contributed by atoms with Crippen LogP contribution < -0.4 is 20.1 Å². The Balaban J connectivity index is 1.80. The van der Waals surface area contributed by atoms with Crippen LogP contribution in [0.15, 0.2) is 23.2 Å². The molecule has 0 spiro atoms.